The molecule has 4 heterocycles. The SMILES string of the molecule is CCCCc1nc2c(N)nc3cc(CCCN4CCN(CCOCCOCCN5C(=O)C=CC5=O)CC4)ccc3c2n1CC(C)(CO)CO. The van der Waals surface area contributed by atoms with Crippen LogP contribution in [0.5, 0.6) is 0 Å². The highest BCUT2D eigenvalue weighted by Crippen LogP contribution is 2.32. The fourth-order valence-electron chi connectivity index (χ4n) is 6.45. The van der Waals surface area contributed by atoms with Crippen LogP contribution in [-0.4, -0.2) is 137 Å². The van der Waals surface area contributed by atoms with E-state index in [1.807, 2.05) is 6.92 Å². The van der Waals surface area contributed by atoms with Gasteiger partial charge in [-0.1, -0.05) is 32.4 Å². The van der Waals surface area contributed by atoms with Crippen molar-refractivity contribution in [3.63, 3.8) is 0 Å². The zero-order valence-electron chi connectivity index (χ0n) is 29.1. The van der Waals surface area contributed by atoms with Crippen LogP contribution >= 0.6 is 0 Å². The lowest BCUT2D eigenvalue weighted by Gasteiger charge is -2.34. The number of rotatable bonds is 20. The van der Waals surface area contributed by atoms with E-state index in [1.165, 1.54) is 22.6 Å². The number of nitrogens with zero attached hydrogens (tertiary/aromatic N) is 6. The molecule has 2 aromatic heterocycles. The molecule has 13 nitrogen and oxygen atoms in total. The van der Waals surface area contributed by atoms with Crippen LogP contribution < -0.4 is 5.73 Å². The molecule has 2 aliphatic heterocycles. The van der Waals surface area contributed by atoms with Crippen molar-refractivity contribution in [3.05, 3.63) is 41.7 Å². The van der Waals surface area contributed by atoms with Crippen LogP contribution in [0.15, 0.2) is 30.4 Å². The molecule has 0 bridgehead atoms. The maximum Gasteiger partial charge on any atom is 0.253 e. The lowest BCUT2D eigenvalue weighted by molar-refractivity contribution is -0.137. The fourth-order valence-corrected chi connectivity index (χ4v) is 6.45. The molecule has 1 aromatic carbocycles. The lowest BCUT2D eigenvalue weighted by atomic mass is 9.92. The number of pyridine rings is 1. The summed E-state index contributed by atoms with van der Waals surface area (Å²) in [6.45, 7) is 12.4. The van der Waals surface area contributed by atoms with Crippen LogP contribution in [0.3, 0.4) is 0 Å². The number of aliphatic hydroxyl groups excluding tert-OH is 2. The number of imide groups is 1. The average Bonchev–Trinajstić information content (AvgIpc) is 3.63. The van der Waals surface area contributed by atoms with Gasteiger partial charge < -0.3 is 34.9 Å². The number of imidazole rings is 1. The summed E-state index contributed by atoms with van der Waals surface area (Å²) in [5.41, 5.74) is 9.47. The minimum atomic E-state index is -0.686. The van der Waals surface area contributed by atoms with Crippen LogP contribution in [0.1, 0.15) is 44.5 Å². The van der Waals surface area contributed by atoms with Crippen molar-refractivity contribution in [3.8, 4) is 0 Å². The second-order valence-electron chi connectivity index (χ2n) is 13.6. The molecule has 0 radical (unpaired) electrons. The number of ether oxygens (including phenoxy) is 2. The Morgan fingerprint density at radius 2 is 1.51 bits per heavy atom. The summed E-state index contributed by atoms with van der Waals surface area (Å²) >= 11 is 0. The van der Waals surface area contributed by atoms with Gasteiger partial charge in [-0.2, -0.15) is 0 Å². The van der Waals surface area contributed by atoms with Gasteiger partial charge in [0.25, 0.3) is 11.8 Å². The van der Waals surface area contributed by atoms with Crippen molar-refractivity contribution in [1.29, 1.82) is 0 Å². The molecule has 0 spiro atoms. The summed E-state index contributed by atoms with van der Waals surface area (Å²) in [6.07, 6.45) is 7.38. The molecule has 0 aliphatic carbocycles. The number of aromatic nitrogens is 3. The van der Waals surface area contributed by atoms with Crippen LogP contribution in [0.4, 0.5) is 5.82 Å². The third-order valence-corrected chi connectivity index (χ3v) is 9.59. The Balaban J connectivity index is 1.05. The predicted octanol–water partition coefficient (Wildman–Crippen LogP) is 2.01. The second kappa shape index (κ2) is 17.5. The number of carbonyl (C=O) groups is 2. The monoisotopic (exact) mass is 679 g/mol. The maximum atomic E-state index is 11.5. The summed E-state index contributed by atoms with van der Waals surface area (Å²) < 4.78 is 13.4. The van der Waals surface area contributed by atoms with E-state index < -0.39 is 5.41 Å². The Morgan fingerprint density at radius 3 is 2.16 bits per heavy atom. The van der Waals surface area contributed by atoms with Gasteiger partial charge in [-0.25, -0.2) is 9.97 Å². The Kier molecular flexibility index (Phi) is 13.1. The molecule has 2 aliphatic rings. The van der Waals surface area contributed by atoms with E-state index in [1.54, 1.807) is 0 Å². The number of nitrogen functional groups attached to an aromatic ring is 1. The van der Waals surface area contributed by atoms with Crippen LogP contribution in [-0.2, 0) is 38.4 Å². The maximum absolute atomic E-state index is 11.5. The van der Waals surface area contributed by atoms with E-state index in [0.717, 1.165) is 93.6 Å². The number of anilines is 1. The predicted molar refractivity (Wildman–Crippen MR) is 189 cm³/mol. The van der Waals surface area contributed by atoms with Gasteiger partial charge in [-0.15, -0.1) is 0 Å². The third kappa shape index (κ3) is 9.41. The zero-order chi connectivity index (χ0) is 34.8. The molecule has 13 heteroatoms. The number of aliphatic hydroxyl groups is 2. The molecule has 3 aromatic rings. The van der Waals surface area contributed by atoms with Gasteiger partial charge in [0, 0.05) is 68.6 Å². The third-order valence-electron chi connectivity index (χ3n) is 9.59. The number of piperazine rings is 1. The van der Waals surface area contributed by atoms with Crippen molar-refractivity contribution in [2.24, 2.45) is 5.41 Å². The first-order valence-corrected chi connectivity index (χ1v) is 17.7. The molecule has 2 amide bonds. The van der Waals surface area contributed by atoms with E-state index >= 15 is 0 Å². The van der Waals surface area contributed by atoms with Gasteiger partial charge in [-0.05, 0) is 37.4 Å². The number of hydrogen-bond acceptors (Lipinski definition) is 11. The lowest BCUT2D eigenvalue weighted by Crippen LogP contribution is -2.47. The van der Waals surface area contributed by atoms with Gasteiger partial charge in [-0.3, -0.25) is 19.4 Å². The highest BCUT2D eigenvalue weighted by molar-refractivity contribution is 6.12. The van der Waals surface area contributed by atoms with Crippen molar-refractivity contribution < 1.29 is 29.3 Å². The standard InChI is InChI=1S/C36H53N7O6/c1-3-4-7-30-39-33-34(43(30)24-36(2,25-44)26-45)28-9-8-27(23-29(28)38-35(33)37)6-5-12-40-13-15-41(16-14-40)17-19-48-21-22-49-20-18-42-31(46)10-11-32(42)47/h8-11,23,44-45H,3-7,12-22,24-26H2,1-2H3,(H2,37,38). The summed E-state index contributed by atoms with van der Waals surface area (Å²) in [4.78, 5) is 38.9. The second-order valence-corrected chi connectivity index (χ2v) is 13.6. The minimum Gasteiger partial charge on any atom is -0.396 e. The van der Waals surface area contributed by atoms with Gasteiger partial charge >= 0.3 is 0 Å². The van der Waals surface area contributed by atoms with Gasteiger partial charge in [0.15, 0.2) is 5.82 Å². The molecule has 0 saturated carbocycles. The minimum absolute atomic E-state index is 0.131. The van der Waals surface area contributed by atoms with Crippen molar-refractivity contribution in [1.82, 2.24) is 29.2 Å². The van der Waals surface area contributed by atoms with Crippen molar-refractivity contribution in [2.45, 2.75) is 52.5 Å². The van der Waals surface area contributed by atoms with Crippen LogP contribution in [0.2, 0.25) is 0 Å². The largest absolute Gasteiger partial charge is 0.396 e. The van der Waals surface area contributed by atoms with E-state index in [9.17, 15) is 19.8 Å². The van der Waals surface area contributed by atoms with E-state index in [4.69, 9.17) is 25.2 Å². The number of benzene rings is 1. The molecule has 49 heavy (non-hydrogen) atoms. The van der Waals surface area contributed by atoms with Crippen molar-refractivity contribution >= 4 is 39.6 Å². The van der Waals surface area contributed by atoms with E-state index in [-0.39, 0.29) is 31.6 Å². The molecule has 1 fully saturated rings. The molecule has 0 atom stereocenters. The smallest absolute Gasteiger partial charge is 0.253 e. The first-order chi connectivity index (χ1) is 23.7. The van der Waals surface area contributed by atoms with Crippen LogP contribution in [0.25, 0.3) is 21.9 Å². The Labute approximate surface area is 288 Å². The number of aryl methyl sites for hydroxylation is 2. The summed E-state index contributed by atoms with van der Waals surface area (Å²) in [6, 6.07) is 6.44. The quantitative estimate of drug-likeness (QED) is 0.118. The van der Waals surface area contributed by atoms with Gasteiger partial charge in [0.1, 0.15) is 11.3 Å². The van der Waals surface area contributed by atoms with E-state index in [2.05, 4.69) is 39.5 Å². The fraction of sp³-hybridized carbons (Fsp3) is 0.611. The number of hydrogen-bond donors (Lipinski definition) is 3. The molecule has 5 rings (SSSR count). The molecular formula is C36H53N7O6. The zero-order valence-corrected chi connectivity index (χ0v) is 29.1. The molecule has 1 saturated heterocycles. The Morgan fingerprint density at radius 1 is 0.857 bits per heavy atom. The Hall–Kier alpha value is -3.46. The number of carbonyl (C=O) groups excluding carboxylic acids is 2. The topological polar surface area (TPSA) is 160 Å². The highest BCUT2D eigenvalue weighted by Gasteiger charge is 2.27. The number of nitrogens with two attached hydrogens (primary N) is 1. The Bertz CT molecular complexity index is 1580. The van der Waals surface area contributed by atoms with Crippen molar-refractivity contribution in [2.75, 3.05) is 91.2 Å². The average molecular weight is 680 g/mol. The van der Waals surface area contributed by atoms with Crippen LogP contribution in [0, 0.1) is 5.41 Å². The first-order valence-electron chi connectivity index (χ1n) is 17.7. The molecule has 268 valence electrons. The molecular weight excluding hydrogens is 626 g/mol. The summed E-state index contributed by atoms with van der Waals surface area (Å²) in [5.74, 6) is 0.747. The molecule has 4 N–H and O–H groups in total. The number of unbranched alkanes of at least 4 members (excludes halogenated alkanes) is 1. The first kappa shape index (κ1) is 36.8. The van der Waals surface area contributed by atoms with Gasteiger partial charge in [0.05, 0.1) is 57.2 Å². The number of fused-ring (bicyclic) bond motifs is 3. The number of amides is 2. The summed E-state index contributed by atoms with van der Waals surface area (Å²) in [7, 11) is 0. The highest BCUT2D eigenvalue weighted by atomic mass is 16.5. The normalized spacial score (nSPS) is 16.3. The van der Waals surface area contributed by atoms with E-state index in [0.29, 0.717) is 44.3 Å². The molecule has 0 unspecified atom stereocenters. The van der Waals surface area contributed by atoms with Gasteiger partial charge in [0.2, 0.25) is 0 Å². The summed E-state index contributed by atoms with van der Waals surface area (Å²) in [5, 5.41) is 21.1.